The SMILES string of the molecule is CC1C(c2ccccc2)C2C=C3C(=CC2C1[Si](C)(C)N(C(C)(C)C)C(C)(C)C)c1ccccc1C3(C)C. The molecular formula is C35H49NSi. The fraction of sp³-hybridized carbons (Fsp3) is 0.543. The Bertz CT molecular complexity index is 1220. The maximum Gasteiger partial charge on any atom is 0.127 e. The van der Waals surface area contributed by atoms with Gasteiger partial charge in [-0.25, -0.2) is 0 Å². The van der Waals surface area contributed by atoms with Crippen LogP contribution in [-0.2, 0) is 5.41 Å². The van der Waals surface area contributed by atoms with Crippen molar-refractivity contribution >= 4 is 13.8 Å². The lowest BCUT2D eigenvalue weighted by Gasteiger charge is -2.57. The smallest absolute Gasteiger partial charge is 0.127 e. The van der Waals surface area contributed by atoms with Gasteiger partial charge in [-0.15, -0.1) is 0 Å². The summed E-state index contributed by atoms with van der Waals surface area (Å²) in [4.78, 5) is 0. The summed E-state index contributed by atoms with van der Waals surface area (Å²) in [5, 5.41) is 0. The third-order valence-corrected chi connectivity index (χ3v) is 14.9. The summed E-state index contributed by atoms with van der Waals surface area (Å²) in [5.41, 5.74) is 8.55. The molecule has 2 aromatic rings. The van der Waals surface area contributed by atoms with Crippen LogP contribution in [0, 0.1) is 17.8 Å². The maximum atomic E-state index is 2.96. The molecule has 198 valence electrons. The lowest BCUT2D eigenvalue weighted by Crippen LogP contribution is -2.67. The van der Waals surface area contributed by atoms with Crippen LogP contribution >= 0.6 is 0 Å². The molecule has 5 rings (SSSR count). The molecule has 2 heteroatoms. The van der Waals surface area contributed by atoms with Gasteiger partial charge in [-0.05, 0) is 98.6 Å². The molecule has 0 spiro atoms. The Morgan fingerprint density at radius 1 is 0.757 bits per heavy atom. The lowest BCUT2D eigenvalue weighted by molar-refractivity contribution is 0.121. The van der Waals surface area contributed by atoms with Crippen molar-refractivity contribution in [1.82, 2.24) is 4.57 Å². The van der Waals surface area contributed by atoms with E-state index in [4.69, 9.17) is 0 Å². The van der Waals surface area contributed by atoms with Crippen molar-refractivity contribution in [3.05, 3.63) is 89.0 Å². The number of benzene rings is 2. The molecule has 1 fully saturated rings. The molecule has 3 aliphatic rings. The minimum absolute atomic E-state index is 0.0613. The predicted octanol–water partition coefficient (Wildman–Crippen LogP) is 9.44. The van der Waals surface area contributed by atoms with Gasteiger partial charge in [0, 0.05) is 16.5 Å². The minimum Gasteiger partial charge on any atom is -0.314 e. The molecule has 0 aromatic heterocycles. The van der Waals surface area contributed by atoms with Crippen molar-refractivity contribution in [2.45, 2.75) is 103 Å². The topological polar surface area (TPSA) is 3.24 Å². The highest BCUT2D eigenvalue weighted by molar-refractivity contribution is 6.76. The van der Waals surface area contributed by atoms with Crippen molar-refractivity contribution < 1.29 is 0 Å². The van der Waals surface area contributed by atoms with E-state index in [9.17, 15) is 0 Å². The largest absolute Gasteiger partial charge is 0.314 e. The van der Waals surface area contributed by atoms with Gasteiger partial charge in [-0.3, -0.25) is 0 Å². The molecule has 0 heterocycles. The van der Waals surface area contributed by atoms with E-state index in [2.05, 4.69) is 147 Å². The third-order valence-electron chi connectivity index (χ3n) is 9.90. The second-order valence-corrected chi connectivity index (χ2v) is 19.6. The van der Waals surface area contributed by atoms with Crippen LogP contribution in [0.25, 0.3) is 5.57 Å². The number of allylic oxidation sites excluding steroid dienone is 4. The van der Waals surface area contributed by atoms with Crippen LogP contribution in [0.1, 0.15) is 84.9 Å². The fourth-order valence-electron chi connectivity index (χ4n) is 9.78. The highest BCUT2D eigenvalue weighted by atomic mass is 28.3. The molecule has 5 unspecified atom stereocenters. The molecule has 3 aliphatic carbocycles. The summed E-state index contributed by atoms with van der Waals surface area (Å²) in [7, 11) is -1.93. The summed E-state index contributed by atoms with van der Waals surface area (Å²) >= 11 is 0. The molecule has 0 aliphatic heterocycles. The zero-order valence-electron chi connectivity index (χ0n) is 25.2. The van der Waals surface area contributed by atoms with Gasteiger partial charge in [0.05, 0.1) is 0 Å². The zero-order valence-corrected chi connectivity index (χ0v) is 26.2. The van der Waals surface area contributed by atoms with Gasteiger partial charge in [0.2, 0.25) is 0 Å². The van der Waals surface area contributed by atoms with Gasteiger partial charge in [-0.2, -0.15) is 0 Å². The van der Waals surface area contributed by atoms with Crippen LogP contribution in [0.2, 0.25) is 18.6 Å². The van der Waals surface area contributed by atoms with Crippen LogP contribution in [0.4, 0.5) is 0 Å². The van der Waals surface area contributed by atoms with Crippen LogP contribution in [0.3, 0.4) is 0 Å². The molecule has 1 nitrogen and oxygen atoms in total. The molecule has 0 radical (unpaired) electrons. The first-order chi connectivity index (χ1) is 17.1. The number of hydrogen-bond acceptors (Lipinski definition) is 1. The summed E-state index contributed by atoms with van der Waals surface area (Å²) in [5.74, 6) is 2.28. The molecule has 0 N–H and O–H groups in total. The van der Waals surface area contributed by atoms with E-state index in [0.29, 0.717) is 29.2 Å². The van der Waals surface area contributed by atoms with Crippen LogP contribution in [0.15, 0.2) is 72.3 Å². The van der Waals surface area contributed by atoms with E-state index < -0.39 is 8.24 Å². The summed E-state index contributed by atoms with van der Waals surface area (Å²) in [6.07, 6.45) is 5.51. The van der Waals surface area contributed by atoms with Gasteiger partial charge < -0.3 is 4.57 Å². The standard InChI is InChI=1S/C35H49NSi/c1-23-31(24-17-13-12-14-18-24)27-22-30-26(25-19-15-16-20-29(25)35(30,8)9)21-28(27)32(23)37(10,11)36(33(2,3)4)34(5,6)7/h12-23,27-28,31-32H,1-11H3. The third kappa shape index (κ3) is 4.05. The first-order valence-electron chi connectivity index (χ1n) is 14.5. The fourth-order valence-corrected chi connectivity index (χ4v) is 16.3. The van der Waals surface area contributed by atoms with Gasteiger partial charge >= 0.3 is 0 Å². The predicted molar refractivity (Wildman–Crippen MR) is 163 cm³/mol. The van der Waals surface area contributed by atoms with E-state index >= 15 is 0 Å². The second kappa shape index (κ2) is 8.55. The molecule has 1 saturated carbocycles. The number of nitrogens with zero attached hydrogens (tertiary/aromatic N) is 1. The van der Waals surface area contributed by atoms with E-state index in [1.54, 1.807) is 5.57 Å². The van der Waals surface area contributed by atoms with Crippen LogP contribution in [0.5, 0.6) is 0 Å². The number of fused-ring (bicyclic) bond motifs is 4. The summed E-state index contributed by atoms with van der Waals surface area (Å²) in [6, 6.07) is 20.6. The van der Waals surface area contributed by atoms with Crippen molar-refractivity contribution in [3.8, 4) is 0 Å². The summed E-state index contributed by atoms with van der Waals surface area (Å²) < 4.78 is 2.96. The maximum absolute atomic E-state index is 2.96. The molecule has 5 atom stereocenters. The Kier molecular flexibility index (Phi) is 6.17. The number of hydrogen-bond donors (Lipinski definition) is 0. The Hall–Kier alpha value is -1.90. The molecule has 0 saturated heterocycles. The molecule has 2 aromatic carbocycles. The second-order valence-electron chi connectivity index (χ2n) is 15.1. The highest BCUT2D eigenvalue weighted by Gasteiger charge is 2.59. The first-order valence-corrected chi connectivity index (χ1v) is 17.5. The van der Waals surface area contributed by atoms with E-state index in [0.717, 1.165) is 0 Å². The zero-order chi connectivity index (χ0) is 27.1. The van der Waals surface area contributed by atoms with Gasteiger partial charge in [0.1, 0.15) is 8.24 Å². The van der Waals surface area contributed by atoms with Gasteiger partial charge in [-0.1, -0.05) is 101 Å². The Labute approximate surface area is 228 Å². The van der Waals surface area contributed by atoms with Crippen molar-refractivity contribution in [2.24, 2.45) is 17.8 Å². The molecular weight excluding hydrogens is 462 g/mol. The summed E-state index contributed by atoms with van der Waals surface area (Å²) in [6.45, 7) is 27.4. The van der Waals surface area contributed by atoms with Gasteiger partial charge in [0.15, 0.2) is 0 Å². The Balaban J connectivity index is 1.72. The van der Waals surface area contributed by atoms with Crippen molar-refractivity contribution in [2.75, 3.05) is 0 Å². The molecule has 0 amide bonds. The van der Waals surface area contributed by atoms with E-state index in [1.807, 2.05) is 0 Å². The monoisotopic (exact) mass is 511 g/mol. The van der Waals surface area contributed by atoms with E-state index in [1.165, 1.54) is 22.3 Å². The average Bonchev–Trinajstić information content (AvgIpc) is 3.19. The van der Waals surface area contributed by atoms with Crippen LogP contribution < -0.4 is 0 Å². The highest BCUT2D eigenvalue weighted by Crippen LogP contribution is 2.65. The number of rotatable bonds is 3. The lowest BCUT2D eigenvalue weighted by atomic mass is 9.73. The first kappa shape index (κ1) is 26.7. The minimum atomic E-state index is -1.93. The average molecular weight is 512 g/mol. The van der Waals surface area contributed by atoms with Crippen molar-refractivity contribution in [1.29, 1.82) is 0 Å². The normalized spacial score (nSPS) is 28.9. The quantitative estimate of drug-likeness (QED) is 0.371. The molecule has 37 heavy (non-hydrogen) atoms. The molecule has 0 bridgehead atoms. The van der Waals surface area contributed by atoms with Crippen LogP contribution in [-0.4, -0.2) is 23.9 Å². The van der Waals surface area contributed by atoms with Crippen molar-refractivity contribution in [3.63, 3.8) is 0 Å². The van der Waals surface area contributed by atoms with E-state index in [-0.39, 0.29) is 16.5 Å². The Morgan fingerprint density at radius 3 is 1.92 bits per heavy atom. The Morgan fingerprint density at radius 2 is 1.32 bits per heavy atom. The van der Waals surface area contributed by atoms with Gasteiger partial charge in [0.25, 0.3) is 0 Å².